The Morgan fingerprint density at radius 3 is 2.33 bits per heavy atom. The highest BCUT2D eigenvalue weighted by Gasteiger charge is 2.25. The molecule has 0 aromatic heterocycles. The van der Waals surface area contributed by atoms with Gasteiger partial charge in [0.05, 0.1) is 13.7 Å². The van der Waals surface area contributed by atoms with Crippen molar-refractivity contribution < 1.29 is 19.0 Å². The van der Waals surface area contributed by atoms with Crippen LogP contribution in [0.5, 0.6) is 11.5 Å². The number of nitrogens with zero attached hydrogens (tertiary/aromatic N) is 1. The van der Waals surface area contributed by atoms with Crippen LogP contribution in [0.4, 0.5) is 0 Å². The van der Waals surface area contributed by atoms with E-state index >= 15 is 0 Å². The first-order valence-electron chi connectivity index (χ1n) is 13.0. The number of benzene rings is 3. The smallest absolute Gasteiger partial charge is 0.363 e. The fourth-order valence-corrected chi connectivity index (χ4v) is 4.39. The zero-order valence-corrected chi connectivity index (χ0v) is 21.3. The molecule has 0 amide bonds. The number of carbonyl (C=O) groups excluding carboxylic acids is 1. The van der Waals surface area contributed by atoms with Crippen molar-refractivity contribution in [2.75, 3.05) is 13.7 Å². The van der Waals surface area contributed by atoms with Gasteiger partial charge < -0.3 is 14.2 Å². The van der Waals surface area contributed by atoms with E-state index in [2.05, 4.69) is 11.9 Å². The third-order valence-electron chi connectivity index (χ3n) is 6.42. The summed E-state index contributed by atoms with van der Waals surface area (Å²) in [6.07, 6.45) is 11.9. The van der Waals surface area contributed by atoms with Crippen LogP contribution in [0.25, 0.3) is 16.8 Å². The lowest BCUT2D eigenvalue weighted by molar-refractivity contribution is -0.129. The third-order valence-corrected chi connectivity index (χ3v) is 6.42. The topological polar surface area (TPSA) is 57.1 Å². The molecule has 1 aliphatic heterocycles. The molecular formula is C31H35NO4. The van der Waals surface area contributed by atoms with Crippen molar-refractivity contribution in [1.29, 1.82) is 0 Å². The van der Waals surface area contributed by atoms with Gasteiger partial charge in [-0.3, -0.25) is 0 Å². The number of hydrogen-bond donors (Lipinski definition) is 0. The maximum atomic E-state index is 12.6. The number of unbranched alkanes of at least 4 members (excludes halogenated alkanes) is 7. The Labute approximate surface area is 213 Å². The Morgan fingerprint density at radius 2 is 1.58 bits per heavy atom. The molecule has 4 rings (SSSR count). The molecule has 0 fully saturated rings. The van der Waals surface area contributed by atoms with Crippen LogP contribution in [0.3, 0.4) is 0 Å². The summed E-state index contributed by atoms with van der Waals surface area (Å²) in [5.74, 6) is 1.30. The van der Waals surface area contributed by atoms with Crippen molar-refractivity contribution in [3.05, 3.63) is 77.5 Å². The van der Waals surface area contributed by atoms with E-state index in [1.54, 1.807) is 13.2 Å². The predicted molar refractivity (Wildman–Crippen MR) is 146 cm³/mol. The van der Waals surface area contributed by atoms with Crippen molar-refractivity contribution in [3.63, 3.8) is 0 Å². The molecule has 188 valence electrons. The van der Waals surface area contributed by atoms with Crippen molar-refractivity contribution in [2.45, 2.75) is 58.3 Å². The molecule has 3 aromatic carbocycles. The largest absolute Gasteiger partial charge is 0.496 e. The number of ether oxygens (including phenoxy) is 3. The summed E-state index contributed by atoms with van der Waals surface area (Å²) >= 11 is 0. The monoisotopic (exact) mass is 485 g/mol. The van der Waals surface area contributed by atoms with Crippen molar-refractivity contribution >= 4 is 28.7 Å². The highest BCUT2D eigenvalue weighted by atomic mass is 16.6. The van der Waals surface area contributed by atoms with E-state index in [1.807, 2.05) is 60.7 Å². The summed E-state index contributed by atoms with van der Waals surface area (Å²) in [7, 11) is 1.62. The summed E-state index contributed by atoms with van der Waals surface area (Å²) in [4.78, 5) is 17.1. The van der Waals surface area contributed by atoms with Gasteiger partial charge >= 0.3 is 5.97 Å². The first-order chi connectivity index (χ1) is 17.7. The maximum Gasteiger partial charge on any atom is 0.363 e. The average Bonchev–Trinajstić information content (AvgIpc) is 3.28. The molecule has 5 heteroatoms. The second-order valence-corrected chi connectivity index (χ2v) is 9.09. The Hall–Kier alpha value is -3.60. The van der Waals surface area contributed by atoms with Gasteiger partial charge in [-0.05, 0) is 53.6 Å². The molecule has 0 atom stereocenters. The van der Waals surface area contributed by atoms with Crippen molar-refractivity contribution in [1.82, 2.24) is 0 Å². The van der Waals surface area contributed by atoms with E-state index in [0.29, 0.717) is 18.3 Å². The van der Waals surface area contributed by atoms with Crippen LogP contribution in [0.15, 0.2) is 71.4 Å². The number of esters is 1. The molecule has 0 N–H and O–H groups in total. The van der Waals surface area contributed by atoms with Gasteiger partial charge in [-0.1, -0.05) is 82.2 Å². The lowest BCUT2D eigenvalue weighted by Crippen LogP contribution is -2.05. The van der Waals surface area contributed by atoms with Gasteiger partial charge in [0.15, 0.2) is 5.70 Å². The first-order valence-corrected chi connectivity index (χ1v) is 13.0. The van der Waals surface area contributed by atoms with Crippen LogP contribution in [0.1, 0.15) is 69.4 Å². The minimum Gasteiger partial charge on any atom is -0.496 e. The van der Waals surface area contributed by atoms with Gasteiger partial charge in [-0.15, -0.1) is 0 Å². The second-order valence-electron chi connectivity index (χ2n) is 9.09. The van der Waals surface area contributed by atoms with Crippen molar-refractivity contribution in [2.24, 2.45) is 4.99 Å². The fourth-order valence-electron chi connectivity index (χ4n) is 4.39. The molecule has 0 bridgehead atoms. The van der Waals surface area contributed by atoms with E-state index in [4.69, 9.17) is 14.2 Å². The Morgan fingerprint density at radius 1 is 0.861 bits per heavy atom. The zero-order chi connectivity index (χ0) is 25.2. The number of rotatable bonds is 13. The van der Waals surface area contributed by atoms with E-state index in [1.165, 1.54) is 44.9 Å². The molecule has 5 nitrogen and oxygen atoms in total. The minimum absolute atomic E-state index is 0.245. The number of aliphatic imine (C=N–C) groups is 1. The van der Waals surface area contributed by atoms with Gasteiger partial charge in [0, 0.05) is 11.1 Å². The fraction of sp³-hybridized carbons (Fsp3) is 0.355. The quantitative estimate of drug-likeness (QED) is 0.141. The van der Waals surface area contributed by atoms with Crippen LogP contribution in [0.2, 0.25) is 0 Å². The van der Waals surface area contributed by atoms with E-state index in [9.17, 15) is 4.79 Å². The summed E-state index contributed by atoms with van der Waals surface area (Å²) < 4.78 is 16.9. The number of carbonyl (C=O) groups is 1. The average molecular weight is 486 g/mol. The first kappa shape index (κ1) is 25.5. The highest BCUT2D eigenvalue weighted by molar-refractivity contribution is 6.13. The Kier molecular flexibility index (Phi) is 9.15. The van der Waals surface area contributed by atoms with E-state index < -0.39 is 5.97 Å². The molecule has 36 heavy (non-hydrogen) atoms. The van der Waals surface area contributed by atoms with E-state index in [0.717, 1.165) is 34.1 Å². The molecule has 0 aliphatic carbocycles. The highest BCUT2D eigenvalue weighted by Crippen LogP contribution is 2.31. The van der Waals surface area contributed by atoms with Gasteiger partial charge in [0.1, 0.15) is 11.5 Å². The van der Waals surface area contributed by atoms with Gasteiger partial charge in [0.25, 0.3) is 0 Å². The van der Waals surface area contributed by atoms with Crippen LogP contribution in [-0.4, -0.2) is 25.6 Å². The number of cyclic esters (lactones) is 1. The minimum atomic E-state index is -0.477. The third kappa shape index (κ3) is 6.54. The molecule has 0 saturated heterocycles. The molecule has 0 saturated carbocycles. The zero-order valence-electron chi connectivity index (χ0n) is 21.3. The van der Waals surface area contributed by atoms with E-state index in [-0.39, 0.29) is 5.70 Å². The molecule has 0 spiro atoms. The molecule has 1 aliphatic rings. The van der Waals surface area contributed by atoms with Gasteiger partial charge in [-0.25, -0.2) is 9.79 Å². The normalized spacial score (nSPS) is 14.2. The van der Waals surface area contributed by atoms with Crippen LogP contribution >= 0.6 is 0 Å². The van der Waals surface area contributed by atoms with Crippen LogP contribution in [0, 0.1) is 0 Å². The molecule has 3 aromatic rings. The maximum absolute atomic E-state index is 12.6. The Balaban J connectivity index is 1.36. The van der Waals surface area contributed by atoms with Gasteiger partial charge in [0.2, 0.25) is 5.90 Å². The SMILES string of the molecule is CCCCCCCCCCOc1ccc(C2=N/C(=C\c3c(OC)ccc4ccccc34)C(=O)O2)cc1. The molecule has 0 unspecified atom stereocenters. The summed E-state index contributed by atoms with van der Waals surface area (Å²) in [6, 6.07) is 19.4. The lowest BCUT2D eigenvalue weighted by Gasteiger charge is -2.08. The molecule has 0 radical (unpaired) electrons. The number of methoxy groups -OCH3 is 1. The lowest BCUT2D eigenvalue weighted by atomic mass is 10.0. The molecule has 1 heterocycles. The number of fused-ring (bicyclic) bond motifs is 1. The molecular weight excluding hydrogens is 450 g/mol. The summed E-state index contributed by atoms with van der Waals surface area (Å²) in [5.41, 5.74) is 1.78. The van der Waals surface area contributed by atoms with Gasteiger partial charge in [-0.2, -0.15) is 0 Å². The standard InChI is InChI=1S/C31H35NO4/c1-3-4-5-6-7-8-9-12-21-35-25-18-15-24(16-19-25)30-32-28(31(33)36-30)22-27-26-14-11-10-13-23(26)17-20-29(27)34-2/h10-11,13-20,22H,3-9,12,21H2,1-2H3/b28-22-. The Bertz CT molecular complexity index is 1230. The second kappa shape index (κ2) is 12.9. The summed E-state index contributed by atoms with van der Waals surface area (Å²) in [6.45, 7) is 2.96. The number of hydrogen-bond acceptors (Lipinski definition) is 5. The van der Waals surface area contributed by atoms with Crippen LogP contribution in [-0.2, 0) is 9.53 Å². The summed E-state index contributed by atoms with van der Waals surface area (Å²) in [5, 5.41) is 2.04. The van der Waals surface area contributed by atoms with Crippen LogP contribution < -0.4 is 9.47 Å². The predicted octanol–water partition coefficient (Wildman–Crippen LogP) is 7.71. The van der Waals surface area contributed by atoms with Crippen molar-refractivity contribution in [3.8, 4) is 11.5 Å².